The first-order valence-electron chi connectivity index (χ1n) is 17.7. The van der Waals surface area contributed by atoms with Gasteiger partial charge in [-0.25, -0.2) is 14.1 Å². The number of rotatable bonds is 14. The van der Waals surface area contributed by atoms with Crippen LogP contribution in [0.3, 0.4) is 0 Å². The van der Waals surface area contributed by atoms with Gasteiger partial charge in [0.2, 0.25) is 5.60 Å². The zero-order valence-corrected chi connectivity index (χ0v) is 31.2. The summed E-state index contributed by atoms with van der Waals surface area (Å²) in [5.41, 5.74) is 4.64. The third kappa shape index (κ3) is 7.75. The molecule has 2 saturated carbocycles. The number of nitriles is 1. The number of nitrogens with two attached hydrogens (primary N) is 1. The highest BCUT2D eigenvalue weighted by Crippen LogP contribution is 2.57. The fourth-order valence-corrected chi connectivity index (χ4v) is 8.35. The van der Waals surface area contributed by atoms with E-state index >= 15 is 0 Å². The van der Waals surface area contributed by atoms with Gasteiger partial charge in [0.05, 0.1) is 24.1 Å². The molecule has 1 saturated heterocycles. The molecule has 2 aromatic heterocycles. The van der Waals surface area contributed by atoms with Crippen molar-refractivity contribution in [3.63, 3.8) is 0 Å². The average molecular weight is 753 g/mol. The molecule has 6 atom stereocenters. The van der Waals surface area contributed by atoms with Crippen molar-refractivity contribution in [2.24, 2.45) is 17.3 Å². The number of aromatic nitrogens is 3. The van der Waals surface area contributed by atoms with Crippen LogP contribution in [0.15, 0.2) is 48.8 Å². The lowest BCUT2D eigenvalue weighted by molar-refractivity contribution is -0.173. The number of nitrogens with zero attached hydrogens (tertiary/aromatic N) is 4. The number of hydrogen-bond acceptors (Lipinski definition) is 14. The van der Waals surface area contributed by atoms with Gasteiger partial charge in [0.25, 0.3) is 0 Å². The lowest BCUT2D eigenvalue weighted by atomic mass is 9.55. The number of para-hydroxylation sites is 1. The summed E-state index contributed by atoms with van der Waals surface area (Å²) < 4.78 is 51.6. The van der Waals surface area contributed by atoms with Gasteiger partial charge in [-0.15, -0.1) is 0 Å². The minimum absolute atomic E-state index is 0.0941. The van der Waals surface area contributed by atoms with Crippen LogP contribution in [0.25, 0.3) is 5.52 Å². The number of anilines is 1. The van der Waals surface area contributed by atoms with Crippen molar-refractivity contribution in [2.75, 3.05) is 12.3 Å². The summed E-state index contributed by atoms with van der Waals surface area (Å²) in [6.07, 6.45) is 1.61. The largest absolute Gasteiger partial charge is 0.461 e. The Bertz CT molecular complexity index is 1920. The third-order valence-electron chi connectivity index (χ3n) is 9.97. The van der Waals surface area contributed by atoms with E-state index < -0.39 is 74.1 Å². The molecule has 3 heterocycles. The second kappa shape index (κ2) is 15.1. The Kier molecular flexibility index (Phi) is 10.8. The molecule has 3 fully saturated rings. The molecule has 3 aromatic rings. The fraction of sp³-hybridized carbons (Fsp3) is 0.556. The van der Waals surface area contributed by atoms with Crippen molar-refractivity contribution in [1.82, 2.24) is 19.7 Å². The van der Waals surface area contributed by atoms with Crippen LogP contribution in [0.4, 0.5) is 5.82 Å². The van der Waals surface area contributed by atoms with Gasteiger partial charge in [-0.3, -0.25) is 18.9 Å². The summed E-state index contributed by atoms with van der Waals surface area (Å²) in [6, 6.07) is 12.3. The van der Waals surface area contributed by atoms with Gasteiger partial charge in [0.1, 0.15) is 41.9 Å². The molecule has 0 amide bonds. The average Bonchev–Trinajstić information content (AvgIpc) is 3.65. The number of fused-ring (bicyclic) bond motifs is 1. The second-order valence-corrected chi connectivity index (χ2v) is 16.3. The summed E-state index contributed by atoms with van der Waals surface area (Å²) in [7, 11) is -4.46. The molecule has 3 N–H and O–H groups in total. The van der Waals surface area contributed by atoms with Gasteiger partial charge in [0, 0.05) is 0 Å². The van der Waals surface area contributed by atoms with Gasteiger partial charge >= 0.3 is 25.7 Å². The van der Waals surface area contributed by atoms with E-state index in [-0.39, 0.29) is 28.8 Å². The van der Waals surface area contributed by atoms with Gasteiger partial charge in [-0.05, 0) is 62.3 Å². The Balaban J connectivity index is 1.32. The molecule has 16 nitrogen and oxygen atoms in total. The number of nitrogens with one attached hydrogen (secondary N) is 1. The molecule has 3 aliphatic rings. The highest BCUT2D eigenvalue weighted by molar-refractivity contribution is 7.52. The van der Waals surface area contributed by atoms with Gasteiger partial charge in [-0.1, -0.05) is 52.3 Å². The van der Waals surface area contributed by atoms with Crippen LogP contribution in [0.5, 0.6) is 5.75 Å². The molecule has 1 unspecified atom stereocenters. The number of ether oxygens (including phenoxy) is 4. The quantitative estimate of drug-likeness (QED) is 0.130. The lowest BCUT2D eigenvalue weighted by Crippen LogP contribution is -2.49. The molecule has 284 valence electrons. The van der Waals surface area contributed by atoms with Crippen LogP contribution in [-0.2, 0) is 48.0 Å². The summed E-state index contributed by atoms with van der Waals surface area (Å²) in [4.78, 5) is 43.5. The highest BCUT2D eigenvalue weighted by atomic mass is 31.2. The van der Waals surface area contributed by atoms with E-state index in [1.807, 2.05) is 0 Å². The predicted octanol–water partition coefficient (Wildman–Crippen LogP) is 4.62. The van der Waals surface area contributed by atoms with Crippen LogP contribution in [0.2, 0.25) is 0 Å². The van der Waals surface area contributed by atoms with Crippen molar-refractivity contribution in [1.29, 1.82) is 5.26 Å². The summed E-state index contributed by atoms with van der Waals surface area (Å²) in [6.45, 7) is 7.29. The van der Waals surface area contributed by atoms with Crippen LogP contribution >= 0.6 is 7.75 Å². The molecule has 6 rings (SSSR count). The summed E-state index contributed by atoms with van der Waals surface area (Å²) in [5.74, 6) is -3.03. The van der Waals surface area contributed by atoms with Crippen molar-refractivity contribution >= 4 is 37.0 Å². The molecule has 1 spiro atoms. The molecule has 0 radical (unpaired) electrons. The molecule has 1 aliphatic heterocycles. The van der Waals surface area contributed by atoms with Crippen LogP contribution in [-0.4, -0.2) is 69.6 Å². The Morgan fingerprint density at radius 2 is 1.70 bits per heavy atom. The summed E-state index contributed by atoms with van der Waals surface area (Å²) >= 11 is 0. The van der Waals surface area contributed by atoms with Crippen molar-refractivity contribution in [2.45, 2.75) is 103 Å². The van der Waals surface area contributed by atoms with E-state index in [0.717, 1.165) is 25.7 Å². The van der Waals surface area contributed by atoms with Gasteiger partial charge in [0.15, 0.2) is 18.0 Å². The van der Waals surface area contributed by atoms with Crippen LogP contribution < -0.4 is 15.3 Å². The molecular weight excluding hydrogens is 707 g/mol. The maximum Gasteiger partial charge on any atom is 0.459 e. The topological polar surface area (TPSA) is 216 Å². The molecule has 2 aliphatic carbocycles. The molecule has 0 bridgehead atoms. The van der Waals surface area contributed by atoms with Crippen molar-refractivity contribution in [3.05, 3.63) is 54.5 Å². The Morgan fingerprint density at radius 3 is 2.32 bits per heavy atom. The molecule has 17 heteroatoms. The fourth-order valence-electron chi connectivity index (χ4n) is 6.85. The van der Waals surface area contributed by atoms with E-state index in [4.69, 9.17) is 33.7 Å². The smallest absolute Gasteiger partial charge is 0.459 e. The maximum atomic E-state index is 14.5. The van der Waals surface area contributed by atoms with E-state index in [2.05, 4.69) is 21.2 Å². The zero-order chi connectivity index (χ0) is 38.1. The minimum atomic E-state index is -4.46. The standard InChI is InChI=1S/C36H45N6O10P/c1-21(2)32(43)49-29-27(51-36(19-37,30(29)50-33(44)22(3)4)28-13-12-26-31(38)39-20-40-42(26)28)18-47-53(46,52-24-10-7-6-8-11-24)41-23(5)34(45)48-25-16-35(17-25)14-9-15-35/h6-8,10-13,20-23,25,27,29-30H,9,14-18H2,1-5H3,(H,41,46)(H2,38,39,40)/t23-,27+,29+,30+,36-,53?/m0/s1. The van der Waals surface area contributed by atoms with Crippen molar-refractivity contribution in [3.8, 4) is 11.8 Å². The second-order valence-electron chi connectivity index (χ2n) is 14.6. The zero-order valence-electron chi connectivity index (χ0n) is 30.3. The lowest BCUT2D eigenvalue weighted by Gasteiger charge is -2.53. The maximum absolute atomic E-state index is 14.5. The SMILES string of the molecule is CC(C)C(=O)O[C@H]1[C@@H](OC(=O)C(C)C)[C@](C#N)(c2ccc3c(N)ncnn23)O[C@@H]1COP(=O)(N[C@@H](C)C(=O)OC1CC2(CCC2)C1)Oc1ccccc1. The number of benzene rings is 1. The monoisotopic (exact) mass is 752 g/mol. The minimum Gasteiger partial charge on any atom is -0.461 e. The van der Waals surface area contributed by atoms with Gasteiger partial charge < -0.3 is 29.2 Å². The Labute approximate surface area is 307 Å². The van der Waals surface area contributed by atoms with Gasteiger partial charge in [-0.2, -0.15) is 15.4 Å². The summed E-state index contributed by atoms with van der Waals surface area (Å²) in [5, 5.41) is 17.8. The third-order valence-corrected chi connectivity index (χ3v) is 11.6. The Morgan fingerprint density at radius 1 is 1.02 bits per heavy atom. The van der Waals surface area contributed by atoms with E-state index in [1.165, 1.54) is 30.3 Å². The van der Waals surface area contributed by atoms with Crippen LogP contribution in [0.1, 0.15) is 72.4 Å². The van der Waals surface area contributed by atoms with E-state index in [9.17, 15) is 24.2 Å². The number of hydrogen-bond donors (Lipinski definition) is 2. The van der Waals surface area contributed by atoms with E-state index in [1.54, 1.807) is 64.1 Å². The number of carbonyl (C=O) groups excluding carboxylic acids is 3. The number of esters is 3. The number of carbonyl (C=O) groups is 3. The first kappa shape index (κ1) is 38.2. The predicted molar refractivity (Wildman–Crippen MR) is 188 cm³/mol. The highest BCUT2D eigenvalue weighted by Gasteiger charge is 2.63. The molecule has 1 aromatic carbocycles. The van der Waals surface area contributed by atoms with E-state index in [0.29, 0.717) is 5.52 Å². The first-order valence-corrected chi connectivity index (χ1v) is 19.3. The van der Waals surface area contributed by atoms with Crippen LogP contribution in [0, 0.1) is 28.6 Å². The number of nitrogen functional groups attached to an aromatic ring is 1. The first-order chi connectivity index (χ1) is 25.2. The Hall–Kier alpha value is -4.55. The molecular formula is C36H45N6O10P. The molecule has 53 heavy (non-hydrogen) atoms. The normalized spacial score (nSPS) is 25.2. The van der Waals surface area contributed by atoms with Crippen molar-refractivity contribution < 1.29 is 46.9 Å².